The second-order valence-corrected chi connectivity index (χ2v) is 5.14. The highest BCUT2D eigenvalue weighted by molar-refractivity contribution is 7.80. The third kappa shape index (κ3) is 4.49. The average molecular weight is 256 g/mol. The lowest BCUT2D eigenvalue weighted by Crippen LogP contribution is -2.37. The van der Waals surface area contributed by atoms with Crippen LogP contribution in [-0.2, 0) is 0 Å². The smallest absolute Gasteiger partial charge is 0.166 e. The summed E-state index contributed by atoms with van der Waals surface area (Å²) in [5.41, 5.74) is 0. The van der Waals surface area contributed by atoms with Crippen molar-refractivity contribution in [2.45, 2.75) is 39.2 Å². The Bertz CT molecular complexity index is 296. The molecule has 0 aliphatic heterocycles. The van der Waals surface area contributed by atoms with Crippen LogP contribution in [0.3, 0.4) is 0 Å². The highest BCUT2D eigenvalue weighted by Crippen LogP contribution is 2.22. The van der Waals surface area contributed by atoms with Crippen LogP contribution < -0.4 is 10.6 Å². The Morgan fingerprint density at radius 1 is 1.44 bits per heavy atom. The number of hydrogen-bond donors (Lipinski definition) is 2. The van der Waals surface area contributed by atoms with E-state index in [1.807, 2.05) is 0 Å². The monoisotopic (exact) mass is 256 g/mol. The number of nitrogens with one attached hydrogen (secondary N) is 2. The van der Waals surface area contributed by atoms with E-state index in [1.54, 1.807) is 11.3 Å². The minimum Gasteiger partial charge on any atom is -0.363 e. The predicted molar refractivity (Wildman–Crippen MR) is 76.0 cm³/mol. The number of hydrogen-bond acceptors (Lipinski definition) is 2. The van der Waals surface area contributed by atoms with E-state index in [4.69, 9.17) is 12.2 Å². The summed E-state index contributed by atoms with van der Waals surface area (Å²) in [6.07, 6.45) is 3.37. The molecule has 0 bridgehead atoms. The maximum atomic E-state index is 5.27. The lowest BCUT2D eigenvalue weighted by Gasteiger charge is -2.19. The lowest BCUT2D eigenvalue weighted by atomic mass is 10.1. The van der Waals surface area contributed by atoms with Crippen molar-refractivity contribution in [1.29, 1.82) is 0 Å². The van der Waals surface area contributed by atoms with Crippen molar-refractivity contribution in [2.75, 3.05) is 6.54 Å². The molecule has 1 atom stereocenters. The molecule has 2 N–H and O–H groups in total. The molecule has 16 heavy (non-hydrogen) atoms. The third-order valence-corrected chi connectivity index (χ3v) is 3.55. The van der Waals surface area contributed by atoms with Crippen LogP contribution in [0.15, 0.2) is 17.5 Å². The Morgan fingerprint density at radius 2 is 2.25 bits per heavy atom. The second kappa shape index (κ2) is 7.63. The first kappa shape index (κ1) is 13.5. The van der Waals surface area contributed by atoms with Crippen LogP contribution in [-0.4, -0.2) is 11.7 Å². The van der Waals surface area contributed by atoms with Gasteiger partial charge in [0, 0.05) is 11.4 Å². The number of thiocarbonyl (C=S) groups is 1. The van der Waals surface area contributed by atoms with Crippen LogP contribution >= 0.6 is 23.6 Å². The summed E-state index contributed by atoms with van der Waals surface area (Å²) < 4.78 is 0. The molecule has 0 radical (unpaired) electrons. The molecule has 0 aliphatic carbocycles. The van der Waals surface area contributed by atoms with Gasteiger partial charge >= 0.3 is 0 Å². The van der Waals surface area contributed by atoms with Gasteiger partial charge in [-0.1, -0.05) is 26.3 Å². The van der Waals surface area contributed by atoms with E-state index in [2.05, 4.69) is 42.0 Å². The van der Waals surface area contributed by atoms with Gasteiger partial charge in [0.15, 0.2) is 5.11 Å². The lowest BCUT2D eigenvalue weighted by molar-refractivity contribution is 0.583. The minimum absolute atomic E-state index is 0.363. The summed E-state index contributed by atoms with van der Waals surface area (Å²) in [4.78, 5) is 1.36. The van der Waals surface area contributed by atoms with E-state index in [-0.39, 0.29) is 0 Å². The topological polar surface area (TPSA) is 24.1 Å². The van der Waals surface area contributed by atoms with Crippen molar-refractivity contribution in [3.63, 3.8) is 0 Å². The van der Waals surface area contributed by atoms with Crippen LogP contribution in [0.4, 0.5) is 0 Å². The standard InChI is InChI=1S/C12H20N2S2/c1-3-6-10(11-7-5-9-16-11)14-12(15)13-8-4-2/h5,7,9-10H,3-4,6,8H2,1-2H3,(H2,13,14,15). The van der Waals surface area contributed by atoms with Crippen molar-refractivity contribution < 1.29 is 0 Å². The van der Waals surface area contributed by atoms with Gasteiger partial charge in [-0.25, -0.2) is 0 Å². The van der Waals surface area contributed by atoms with Crippen LogP contribution in [0.2, 0.25) is 0 Å². The van der Waals surface area contributed by atoms with Crippen molar-refractivity contribution in [3.8, 4) is 0 Å². The summed E-state index contributed by atoms with van der Waals surface area (Å²) in [6.45, 7) is 5.28. The summed E-state index contributed by atoms with van der Waals surface area (Å²) in [7, 11) is 0. The molecule has 0 aromatic carbocycles. The minimum atomic E-state index is 0.363. The molecule has 0 spiro atoms. The Labute approximate surface area is 107 Å². The number of rotatable bonds is 6. The van der Waals surface area contributed by atoms with Crippen LogP contribution in [0.1, 0.15) is 44.0 Å². The molecule has 1 aromatic rings. The summed E-state index contributed by atoms with van der Waals surface area (Å²) in [5.74, 6) is 0. The van der Waals surface area contributed by atoms with E-state index in [0.717, 1.165) is 30.9 Å². The van der Waals surface area contributed by atoms with Gasteiger partial charge in [0.25, 0.3) is 0 Å². The fourth-order valence-electron chi connectivity index (χ4n) is 1.51. The second-order valence-electron chi connectivity index (χ2n) is 3.76. The molecule has 0 saturated heterocycles. The van der Waals surface area contributed by atoms with Crippen molar-refractivity contribution >= 4 is 28.7 Å². The first-order valence-electron chi connectivity index (χ1n) is 5.85. The molecule has 2 nitrogen and oxygen atoms in total. The highest BCUT2D eigenvalue weighted by atomic mass is 32.1. The Hall–Kier alpha value is -0.610. The Balaban J connectivity index is 2.48. The first-order valence-corrected chi connectivity index (χ1v) is 7.14. The van der Waals surface area contributed by atoms with Gasteiger partial charge in [0.2, 0.25) is 0 Å². The van der Waals surface area contributed by atoms with Crippen LogP contribution in [0.25, 0.3) is 0 Å². The zero-order valence-corrected chi connectivity index (χ0v) is 11.6. The average Bonchev–Trinajstić information content (AvgIpc) is 2.79. The predicted octanol–water partition coefficient (Wildman–Crippen LogP) is 3.46. The maximum absolute atomic E-state index is 5.27. The van der Waals surface area contributed by atoms with Gasteiger partial charge in [-0.2, -0.15) is 0 Å². The van der Waals surface area contributed by atoms with Gasteiger partial charge < -0.3 is 10.6 Å². The summed E-state index contributed by atoms with van der Waals surface area (Å²) in [6, 6.07) is 4.62. The van der Waals surface area contributed by atoms with E-state index in [0.29, 0.717) is 6.04 Å². The van der Waals surface area contributed by atoms with Crippen molar-refractivity contribution in [3.05, 3.63) is 22.4 Å². The molecule has 0 amide bonds. The maximum Gasteiger partial charge on any atom is 0.166 e. The molecule has 90 valence electrons. The van der Waals surface area contributed by atoms with Gasteiger partial charge in [-0.05, 0) is 36.5 Å². The molecule has 1 rings (SSSR count). The van der Waals surface area contributed by atoms with Crippen molar-refractivity contribution in [2.24, 2.45) is 0 Å². The summed E-state index contributed by atoms with van der Waals surface area (Å²) >= 11 is 7.05. The largest absolute Gasteiger partial charge is 0.363 e. The Morgan fingerprint density at radius 3 is 2.81 bits per heavy atom. The van der Waals surface area contributed by atoms with E-state index < -0.39 is 0 Å². The fourth-order valence-corrected chi connectivity index (χ4v) is 2.57. The molecular formula is C12H20N2S2. The van der Waals surface area contributed by atoms with Gasteiger partial charge in [-0.3, -0.25) is 0 Å². The molecule has 0 saturated carbocycles. The molecule has 1 aromatic heterocycles. The fraction of sp³-hybridized carbons (Fsp3) is 0.583. The molecule has 4 heteroatoms. The quantitative estimate of drug-likeness (QED) is 0.762. The number of thiophene rings is 1. The van der Waals surface area contributed by atoms with Crippen molar-refractivity contribution in [1.82, 2.24) is 10.6 Å². The third-order valence-electron chi connectivity index (χ3n) is 2.30. The molecule has 1 heterocycles. The molecule has 0 fully saturated rings. The molecular weight excluding hydrogens is 236 g/mol. The van der Waals surface area contributed by atoms with Gasteiger partial charge in [-0.15, -0.1) is 11.3 Å². The van der Waals surface area contributed by atoms with Crippen LogP contribution in [0, 0.1) is 0 Å². The molecule has 1 unspecified atom stereocenters. The zero-order chi connectivity index (χ0) is 11.8. The zero-order valence-electron chi connectivity index (χ0n) is 9.95. The first-order chi connectivity index (χ1) is 7.77. The van der Waals surface area contributed by atoms with E-state index >= 15 is 0 Å². The van der Waals surface area contributed by atoms with E-state index in [1.165, 1.54) is 4.88 Å². The van der Waals surface area contributed by atoms with E-state index in [9.17, 15) is 0 Å². The highest BCUT2D eigenvalue weighted by Gasteiger charge is 2.12. The summed E-state index contributed by atoms with van der Waals surface area (Å²) in [5, 5.41) is 9.48. The van der Waals surface area contributed by atoms with Crippen LogP contribution in [0.5, 0.6) is 0 Å². The van der Waals surface area contributed by atoms with Gasteiger partial charge in [0.1, 0.15) is 0 Å². The Kier molecular flexibility index (Phi) is 6.42. The normalized spacial score (nSPS) is 12.1. The molecule has 0 aliphatic rings. The van der Waals surface area contributed by atoms with Gasteiger partial charge in [0.05, 0.1) is 6.04 Å². The SMILES string of the molecule is CCCNC(=S)NC(CCC)c1cccs1.